The molecule has 0 amide bonds. The number of rotatable bonds is 1. The highest BCUT2D eigenvalue weighted by Gasteiger charge is 2.09. The lowest BCUT2D eigenvalue weighted by molar-refractivity contribution is 0.464. The van der Waals surface area contributed by atoms with Crippen LogP contribution in [0.3, 0.4) is 0 Å². The first-order valence-electron chi connectivity index (χ1n) is 2.85. The highest BCUT2D eigenvalue weighted by molar-refractivity contribution is 6.42. The summed E-state index contributed by atoms with van der Waals surface area (Å²) in [7, 11) is 0. The van der Waals surface area contributed by atoms with Gasteiger partial charge in [-0.25, -0.2) is 8.78 Å². The van der Waals surface area contributed by atoms with Gasteiger partial charge in [-0.1, -0.05) is 23.2 Å². The standard InChI is InChI=1S/C7H4Cl2F2/c8-5-1-2-6(11)4(3-10)7(5)9/h1-2H,3H2. The maximum Gasteiger partial charge on any atom is 0.130 e. The van der Waals surface area contributed by atoms with Crippen molar-refractivity contribution >= 4 is 23.2 Å². The van der Waals surface area contributed by atoms with Crippen LogP contribution in [0.15, 0.2) is 12.1 Å². The number of hydrogen-bond donors (Lipinski definition) is 0. The second kappa shape index (κ2) is 3.37. The maximum atomic E-state index is 12.6. The van der Waals surface area contributed by atoms with Crippen molar-refractivity contribution in [3.63, 3.8) is 0 Å². The van der Waals surface area contributed by atoms with Crippen molar-refractivity contribution in [1.29, 1.82) is 0 Å². The highest BCUT2D eigenvalue weighted by atomic mass is 35.5. The van der Waals surface area contributed by atoms with Crippen molar-refractivity contribution in [2.75, 3.05) is 0 Å². The van der Waals surface area contributed by atoms with Crippen LogP contribution in [0.5, 0.6) is 0 Å². The lowest BCUT2D eigenvalue weighted by Gasteiger charge is -2.01. The Morgan fingerprint density at radius 1 is 1.27 bits per heavy atom. The van der Waals surface area contributed by atoms with E-state index in [0.717, 1.165) is 6.07 Å². The van der Waals surface area contributed by atoms with Crippen LogP contribution in [0.1, 0.15) is 5.56 Å². The monoisotopic (exact) mass is 196 g/mol. The summed E-state index contributed by atoms with van der Waals surface area (Å²) in [6.45, 7) is -0.939. The molecule has 0 aliphatic heterocycles. The number of hydrogen-bond acceptors (Lipinski definition) is 0. The van der Waals surface area contributed by atoms with Gasteiger partial charge in [0.25, 0.3) is 0 Å². The molecule has 0 nitrogen and oxygen atoms in total. The Morgan fingerprint density at radius 2 is 1.91 bits per heavy atom. The normalized spacial score (nSPS) is 10.2. The molecular formula is C7H4Cl2F2. The summed E-state index contributed by atoms with van der Waals surface area (Å²) in [4.78, 5) is 0. The molecule has 0 aliphatic carbocycles. The molecule has 0 aromatic heterocycles. The van der Waals surface area contributed by atoms with E-state index in [9.17, 15) is 8.78 Å². The average Bonchev–Trinajstić information content (AvgIpc) is 1.99. The van der Waals surface area contributed by atoms with Crippen LogP contribution in [-0.2, 0) is 6.67 Å². The molecule has 4 heteroatoms. The van der Waals surface area contributed by atoms with Gasteiger partial charge in [0.1, 0.15) is 12.5 Å². The van der Waals surface area contributed by atoms with Gasteiger partial charge in [0.05, 0.1) is 10.0 Å². The Kier molecular flexibility index (Phi) is 2.68. The van der Waals surface area contributed by atoms with E-state index < -0.39 is 12.5 Å². The number of benzene rings is 1. The zero-order valence-corrected chi connectivity index (χ0v) is 6.89. The lowest BCUT2D eigenvalue weighted by Crippen LogP contribution is -1.88. The van der Waals surface area contributed by atoms with E-state index in [-0.39, 0.29) is 15.6 Å². The Balaban J connectivity index is 3.29. The molecule has 0 saturated heterocycles. The van der Waals surface area contributed by atoms with E-state index in [2.05, 4.69) is 0 Å². The third-order valence-electron chi connectivity index (χ3n) is 1.27. The van der Waals surface area contributed by atoms with E-state index in [0.29, 0.717) is 0 Å². The quantitative estimate of drug-likeness (QED) is 0.603. The van der Waals surface area contributed by atoms with Crippen LogP contribution in [0.2, 0.25) is 10.0 Å². The molecule has 0 unspecified atom stereocenters. The zero-order valence-electron chi connectivity index (χ0n) is 5.37. The van der Waals surface area contributed by atoms with Gasteiger partial charge < -0.3 is 0 Å². The topological polar surface area (TPSA) is 0 Å². The second-order valence-corrected chi connectivity index (χ2v) is 2.74. The van der Waals surface area contributed by atoms with Gasteiger partial charge in [0, 0.05) is 5.56 Å². The maximum absolute atomic E-state index is 12.6. The lowest BCUT2D eigenvalue weighted by atomic mass is 10.2. The van der Waals surface area contributed by atoms with Gasteiger partial charge >= 0.3 is 0 Å². The van der Waals surface area contributed by atoms with Crippen molar-refractivity contribution in [2.45, 2.75) is 6.67 Å². The summed E-state index contributed by atoms with van der Waals surface area (Å²) in [6, 6.07) is 2.38. The predicted molar refractivity (Wildman–Crippen MR) is 41.2 cm³/mol. The SMILES string of the molecule is FCc1c(F)ccc(Cl)c1Cl. The first-order chi connectivity index (χ1) is 5.16. The summed E-state index contributed by atoms with van der Waals surface area (Å²) in [5.74, 6) is -0.665. The van der Waals surface area contributed by atoms with Crippen molar-refractivity contribution < 1.29 is 8.78 Å². The molecule has 0 fully saturated rings. The summed E-state index contributed by atoms with van der Waals surface area (Å²) >= 11 is 11.0. The van der Waals surface area contributed by atoms with Gasteiger partial charge in [-0.2, -0.15) is 0 Å². The molecule has 0 aliphatic rings. The molecule has 0 saturated carbocycles. The fraction of sp³-hybridized carbons (Fsp3) is 0.143. The van der Waals surface area contributed by atoms with E-state index >= 15 is 0 Å². The van der Waals surface area contributed by atoms with Crippen LogP contribution >= 0.6 is 23.2 Å². The van der Waals surface area contributed by atoms with E-state index in [4.69, 9.17) is 23.2 Å². The van der Waals surface area contributed by atoms with Crippen LogP contribution in [0, 0.1) is 5.82 Å². The summed E-state index contributed by atoms with van der Waals surface area (Å²) < 4.78 is 24.7. The molecular weight excluding hydrogens is 193 g/mol. The molecule has 0 bridgehead atoms. The summed E-state index contributed by atoms with van der Waals surface area (Å²) in [6.07, 6.45) is 0. The number of alkyl halides is 1. The average molecular weight is 197 g/mol. The van der Waals surface area contributed by atoms with Crippen molar-refractivity contribution in [3.8, 4) is 0 Å². The van der Waals surface area contributed by atoms with Crippen molar-refractivity contribution in [1.82, 2.24) is 0 Å². The minimum Gasteiger partial charge on any atom is -0.246 e. The van der Waals surface area contributed by atoms with Crippen LogP contribution in [-0.4, -0.2) is 0 Å². The van der Waals surface area contributed by atoms with E-state index in [1.54, 1.807) is 0 Å². The van der Waals surface area contributed by atoms with Gasteiger partial charge in [0.2, 0.25) is 0 Å². The zero-order chi connectivity index (χ0) is 8.43. The molecule has 11 heavy (non-hydrogen) atoms. The largest absolute Gasteiger partial charge is 0.246 e. The third-order valence-corrected chi connectivity index (χ3v) is 2.12. The molecule has 1 rings (SSSR count). The van der Waals surface area contributed by atoms with Gasteiger partial charge in [-0.3, -0.25) is 0 Å². The van der Waals surface area contributed by atoms with Gasteiger partial charge in [-0.15, -0.1) is 0 Å². The second-order valence-electron chi connectivity index (χ2n) is 1.96. The Hall–Kier alpha value is -0.340. The fourth-order valence-corrected chi connectivity index (χ4v) is 1.07. The molecule has 1 aromatic rings. The van der Waals surface area contributed by atoms with E-state index in [1.807, 2.05) is 0 Å². The van der Waals surface area contributed by atoms with Gasteiger partial charge in [0.15, 0.2) is 0 Å². The van der Waals surface area contributed by atoms with Crippen LogP contribution in [0.25, 0.3) is 0 Å². The summed E-state index contributed by atoms with van der Waals surface area (Å²) in [5, 5.41) is 0.120. The first kappa shape index (κ1) is 8.75. The predicted octanol–water partition coefficient (Wildman–Crippen LogP) is 3.60. The number of halogens is 4. The smallest absolute Gasteiger partial charge is 0.130 e. The van der Waals surface area contributed by atoms with Crippen molar-refractivity contribution in [2.24, 2.45) is 0 Å². The Bertz CT molecular complexity index is 273. The highest BCUT2D eigenvalue weighted by Crippen LogP contribution is 2.28. The molecule has 1 aromatic carbocycles. The molecule has 0 spiro atoms. The minimum atomic E-state index is -0.939. The molecule has 0 heterocycles. The van der Waals surface area contributed by atoms with Crippen LogP contribution < -0.4 is 0 Å². The van der Waals surface area contributed by atoms with E-state index in [1.165, 1.54) is 6.07 Å². The first-order valence-corrected chi connectivity index (χ1v) is 3.60. The van der Waals surface area contributed by atoms with Crippen LogP contribution in [0.4, 0.5) is 8.78 Å². The fourth-order valence-electron chi connectivity index (χ4n) is 0.692. The molecule has 60 valence electrons. The van der Waals surface area contributed by atoms with Crippen molar-refractivity contribution in [3.05, 3.63) is 33.6 Å². The Morgan fingerprint density at radius 3 is 2.36 bits per heavy atom. The molecule has 0 atom stereocenters. The Labute approximate surface area is 72.7 Å². The molecule has 0 radical (unpaired) electrons. The molecule has 0 N–H and O–H groups in total. The van der Waals surface area contributed by atoms with Gasteiger partial charge in [-0.05, 0) is 12.1 Å². The third kappa shape index (κ3) is 1.63. The summed E-state index contributed by atoms with van der Waals surface area (Å²) in [5.41, 5.74) is -0.181. The minimum absolute atomic E-state index is 0.0471.